The van der Waals surface area contributed by atoms with Crippen LogP contribution in [0.1, 0.15) is 23.4 Å². The maximum absolute atomic E-state index is 13.6. The van der Waals surface area contributed by atoms with Crippen LogP contribution >= 0.6 is 0 Å². The van der Waals surface area contributed by atoms with E-state index in [0.29, 0.717) is 19.6 Å². The summed E-state index contributed by atoms with van der Waals surface area (Å²) in [6.07, 6.45) is 0.391. The van der Waals surface area contributed by atoms with Crippen LogP contribution in [0.15, 0.2) is 28.8 Å². The largest absolute Gasteiger partial charge is 0.360 e. The third-order valence-corrected chi connectivity index (χ3v) is 4.42. The molecule has 0 bridgehead atoms. The number of halogens is 2. The van der Waals surface area contributed by atoms with E-state index in [-0.39, 0.29) is 24.3 Å². The number of hydrogen-bond acceptors (Lipinski definition) is 4. The van der Waals surface area contributed by atoms with Gasteiger partial charge in [-0.3, -0.25) is 9.69 Å². The van der Waals surface area contributed by atoms with E-state index in [2.05, 4.69) is 10.1 Å². The van der Waals surface area contributed by atoms with Crippen molar-refractivity contribution in [3.05, 3.63) is 52.9 Å². The molecule has 0 unspecified atom stereocenters. The number of rotatable bonds is 5. The molecule has 5 nitrogen and oxygen atoms in total. The van der Waals surface area contributed by atoms with Gasteiger partial charge in [-0.25, -0.2) is 8.78 Å². The molecule has 0 atom stereocenters. The predicted molar refractivity (Wildman–Crippen MR) is 87.8 cm³/mol. The SMILES string of the molecule is Cc1cc(CN2CCN(C(=O)CCc3cccc(F)c3F)CC2)on1. The van der Waals surface area contributed by atoms with E-state index in [1.165, 1.54) is 12.1 Å². The molecular weight excluding hydrogens is 328 g/mol. The van der Waals surface area contributed by atoms with Crippen molar-refractivity contribution >= 4 is 5.91 Å². The summed E-state index contributed by atoms with van der Waals surface area (Å²) in [5, 5.41) is 3.87. The van der Waals surface area contributed by atoms with E-state index in [9.17, 15) is 13.6 Å². The maximum Gasteiger partial charge on any atom is 0.222 e. The fourth-order valence-electron chi connectivity index (χ4n) is 3.01. The van der Waals surface area contributed by atoms with Crippen LogP contribution in [0.25, 0.3) is 0 Å². The lowest BCUT2D eigenvalue weighted by atomic mass is 10.1. The van der Waals surface area contributed by atoms with Gasteiger partial charge in [-0.15, -0.1) is 0 Å². The van der Waals surface area contributed by atoms with Gasteiger partial charge in [0.15, 0.2) is 17.4 Å². The summed E-state index contributed by atoms with van der Waals surface area (Å²) in [4.78, 5) is 16.3. The van der Waals surface area contributed by atoms with Gasteiger partial charge in [-0.05, 0) is 25.0 Å². The molecule has 1 fully saturated rings. The fraction of sp³-hybridized carbons (Fsp3) is 0.444. The standard InChI is InChI=1S/C18H21F2N3O2/c1-13-11-15(25-21-13)12-22-7-9-23(10-8-22)17(24)6-5-14-3-2-4-16(19)18(14)20/h2-4,11H,5-10,12H2,1H3. The van der Waals surface area contributed by atoms with E-state index in [4.69, 9.17) is 4.52 Å². The van der Waals surface area contributed by atoms with E-state index >= 15 is 0 Å². The highest BCUT2D eigenvalue weighted by atomic mass is 19.2. The van der Waals surface area contributed by atoms with Crippen molar-refractivity contribution in [3.8, 4) is 0 Å². The summed E-state index contributed by atoms with van der Waals surface area (Å²) >= 11 is 0. The van der Waals surface area contributed by atoms with Gasteiger partial charge in [0, 0.05) is 38.7 Å². The Labute approximate surface area is 145 Å². The molecule has 0 saturated carbocycles. The number of aryl methyl sites for hydroxylation is 2. The minimum Gasteiger partial charge on any atom is -0.360 e. The minimum absolute atomic E-state index is 0.0289. The summed E-state index contributed by atoms with van der Waals surface area (Å²) < 4.78 is 32.0. The normalized spacial score (nSPS) is 15.6. The van der Waals surface area contributed by atoms with Crippen LogP contribution in [0, 0.1) is 18.6 Å². The van der Waals surface area contributed by atoms with Crippen LogP contribution in [-0.2, 0) is 17.8 Å². The molecule has 0 spiro atoms. The molecule has 0 N–H and O–H groups in total. The number of nitrogens with zero attached hydrogens (tertiary/aromatic N) is 3. The van der Waals surface area contributed by atoms with Crippen LogP contribution < -0.4 is 0 Å². The topological polar surface area (TPSA) is 49.6 Å². The van der Waals surface area contributed by atoms with Crippen LogP contribution in [0.4, 0.5) is 8.78 Å². The smallest absolute Gasteiger partial charge is 0.222 e. The highest BCUT2D eigenvalue weighted by Gasteiger charge is 2.22. The van der Waals surface area contributed by atoms with Crippen molar-refractivity contribution in [3.63, 3.8) is 0 Å². The van der Waals surface area contributed by atoms with Crippen LogP contribution in [0.2, 0.25) is 0 Å². The van der Waals surface area contributed by atoms with E-state index in [1.807, 2.05) is 13.0 Å². The summed E-state index contributed by atoms with van der Waals surface area (Å²) in [7, 11) is 0. The lowest BCUT2D eigenvalue weighted by Gasteiger charge is -2.34. The van der Waals surface area contributed by atoms with Crippen molar-refractivity contribution in [2.45, 2.75) is 26.3 Å². The monoisotopic (exact) mass is 349 g/mol. The zero-order chi connectivity index (χ0) is 17.8. The maximum atomic E-state index is 13.6. The second kappa shape index (κ2) is 7.74. The summed E-state index contributed by atoms with van der Waals surface area (Å²) in [6.45, 7) is 5.30. The van der Waals surface area contributed by atoms with Crippen molar-refractivity contribution < 1.29 is 18.1 Å². The van der Waals surface area contributed by atoms with Gasteiger partial charge >= 0.3 is 0 Å². The second-order valence-corrected chi connectivity index (χ2v) is 6.30. The molecule has 7 heteroatoms. The number of carbonyl (C=O) groups is 1. The Hall–Kier alpha value is -2.28. The van der Waals surface area contributed by atoms with Gasteiger partial charge in [0.25, 0.3) is 0 Å². The Balaban J connectivity index is 1.46. The van der Waals surface area contributed by atoms with Crippen LogP contribution in [0.3, 0.4) is 0 Å². The van der Waals surface area contributed by atoms with E-state index < -0.39 is 11.6 Å². The average Bonchev–Trinajstić information content (AvgIpc) is 3.01. The van der Waals surface area contributed by atoms with E-state index in [1.54, 1.807) is 4.90 Å². The molecular formula is C18H21F2N3O2. The van der Waals surface area contributed by atoms with Gasteiger partial charge in [0.05, 0.1) is 12.2 Å². The van der Waals surface area contributed by atoms with Gasteiger partial charge in [-0.1, -0.05) is 17.3 Å². The van der Waals surface area contributed by atoms with Crippen molar-refractivity contribution in [1.29, 1.82) is 0 Å². The van der Waals surface area contributed by atoms with Crippen LogP contribution in [0.5, 0.6) is 0 Å². The number of amides is 1. The molecule has 0 radical (unpaired) electrons. The molecule has 1 aliphatic heterocycles. The van der Waals surface area contributed by atoms with Crippen LogP contribution in [-0.4, -0.2) is 47.0 Å². The molecule has 2 heterocycles. The predicted octanol–water partition coefficient (Wildman–Crippen LogP) is 2.54. The van der Waals surface area contributed by atoms with Crippen molar-refractivity contribution in [2.24, 2.45) is 0 Å². The quantitative estimate of drug-likeness (QED) is 0.832. The Kier molecular flexibility index (Phi) is 5.43. The lowest BCUT2D eigenvalue weighted by molar-refractivity contribution is -0.133. The first kappa shape index (κ1) is 17.5. The third kappa shape index (κ3) is 4.42. The van der Waals surface area contributed by atoms with Crippen molar-refractivity contribution in [1.82, 2.24) is 15.0 Å². The molecule has 0 aliphatic carbocycles. The lowest BCUT2D eigenvalue weighted by Crippen LogP contribution is -2.48. The molecule has 3 rings (SSSR count). The number of aromatic nitrogens is 1. The molecule has 25 heavy (non-hydrogen) atoms. The number of hydrogen-bond donors (Lipinski definition) is 0. The number of carbonyl (C=O) groups excluding carboxylic acids is 1. The van der Waals surface area contributed by atoms with Crippen molar-refractivity contribution in [2.75, 3.05) is 26.2 Å². The molecule has 1 aromatic heterocycles. The molecule has 134 valence electrons. The van der Waals surface area contributed by atoms with E-state index in [0.717, 1.165) is 30.6 Å². The highest BCUT2D eigenvalue weighted by molar-refractivity contribution is 5.76. The Morgan fingerprint density at radius 3 is 2.68 bits per heavy atom. The number of piperazine rings is 1. The van der Waals surface area contributed by atoms with Gasteiger partial charge < -0.3 is 9.42 Å². The minimum atomic E-state index is -0.874. The summed E-state index contributed by atoms with van der Waals surface area (Å²) in [6, 6.07) is 5.96. The highest BCUT2D eigenvalue weighted by Crippen LogP contribution is 2.15. The number of benzene rings is 1. The molecule has 1 amide bonds. The second-order valence-electron chi connectivity index (χ2n) is 6.30. The molecule has 1 aliphatic rings. The first-order valence-corrected chi connectivity index (χ1v) is 8.38. The zero-order valence-corrected chi connectivity index (χ0v) is 14.2. The van der Waals surface area contributed by atoms with Gasteiger partial charge in [0.2, 0.25) is 5.91 Å². The first-order chi connectivity index (χ1) is 12.0. The average molecular weight is 349 g/mol. The Morgan fingerprint density at radius 2 is 2.00 bits per heavy atom. The summed E-state index contributed by atoms with van der Waals surface area (Å²) in [5.41, 5.74) is 1.10. The zero-order valence-electron chi connectivity index (χ0n) is 14.2. The molecule has 1 saturated heterocycles. The first-order valence-electron chi connectivity index (χ1n) is 8.38. The fourth-order valence-corrected chi connectivity index (χ4v) is 3.01. The Morgan fingerprint density at radius 1 is 1.24 bits per heavy atom. The summed E-state index contributed by atoms with van der Waals surface area (Å²) in [5.74, 6) is -0.943. The van der Waals surface area contributed by atoms with Gasteiger partial charge in [-0.2, -0.15) is 0 Å². The Bertz CT molecular complexity index is 740. The van der Waals surface area contributed by atoms with Gasteiger partial charge in [0.1, 0.15) is 0 Å². The molecule has 1 aromatic carbocycles. The third-order valence-electron chi connectivity index (χ3n) is 4.42. The molecule has 2 aromatic rings.